The Hall–Kier alpha value is -1.89. The molecule has 2 saturated heterocycles. The fraction of sp³-hybridized carbons (Fsp3) is 0.750. The van der Waals surface area contributed by atoms with Gasteiger partial charge in [0, 0.05) is 63.5 Å². The van der Waals surface area contributed by atoms with Gasteiger partial charge in [-0.1, -0.05) is 0 Å². The smallest absolute Gasteiger partial charge is 0.274 e. The number of likely N-dealkylation sites (N-methyl/N-ethyl adjacent to an activating group) is 1. The van der Waals surface area contributed by atoms with Crippen LogP contribution in [0.3, 0.4) is 0 Å². The monoisotopic (exact) mass is 373 g/mol. The van der Waals surface area contributed by atoms with Crippen molar-refractivity contribution >= 4 is 11.8 Å². The van der Waals surface area contributed by atoms with Crippen LogP contribution in [0.15, 0.2) is 0 Å². The van der Waals surface area contributed by atoms with Crippen LogP contribution in [-0.2, 0) is 24.7 Å². The van der Waals surface area contributed by atoms with Gasteiger partial charge < -0.3 is 9.80 Å². The largest absolute Gasteiger partial charge is 0.346 e. The van der Waals surface area contributed by atoms with Crippen molar-refractivity contribution in [3.05, 3.63) is 17.0 Å². The third kappa shape index (κ3) is 3.16. The maximum absolute atomic E-state index is 13.4. The lowest BCUT2D eigenvalue weighted by molar-refractivity contribution is -0.129. The summed E-state index contributed by atoms with van der Waals surface area (Å²) in [5.41, 5.74) is 2.95. The van der Waals surface area contributed by atoms with E-state index in [4.69, 9.17) is 0 Å². The van der Waals surface area contributed by atoms with Crippen LogP contribution in [0, 0.1) is 0 Å². The summed E-state index contributed by atoms with van der Waals surface area (Å²) >= 11 is 0. The number of carbonyl (C=O) groups is 2. The summed E-state index contributed by atoms with van der Waals surface area (Å²) in [5, 5.41) is 4.61. The number of fused-ring (bicyclic) bond motifs is 1. The fourth-order valence-electron chi connectivity index (χ4n) is 5.03. The molecular weight excluding hydrogens is 342 g/mol. The van der Waals surface area contributed by atoms with Gasteiger partial charge in [-0.15, -0.1) is 0 Å². The van der Waals surface area contributed by atoms with Crippen LogP contribution in [0.1, 0.15) is 53.8 Å². The fourth-order valence-corrected chi connectivity index (χ4v) is 5.03. The number of amides is 2. The lowest BCUT2D eigenvalue weighted by atomic mass is 9.86. The number of hydrogen-bond acceptors (Lipinski definition) is 4. The zero-order valence-corrected chi connectivity index (χ0v) is 16.8. The molecule has 7 nitrogen and oxygen atoms in total. The van der Waals surface area contributed by atoms with E-state index in [0.29, 0.717) is 18.7 Å². The van der Waals surface area contributed by atoms with Crippen molar-refractivity contribution in [3.63, 3.8) is 0 Å². The Balaban J connectivity index is 1.58. The highest BCUT2D eigenvalue weighted by Gasteiger charge is 2.43. The molecule has 1 atom stereocenters. The van der Waals surface area contributed by atoms with Crippen molar-refractivity contribution in [1.82, 2.24) is 24.5 Å². The first-order chi connectivity index (χ1) is 12.9. The minimum atomic E-state index is -0.108. The summed E-state index contributed by atoms with van der Waals surface area (Å²) in [6.07, 6.45) is 6.59. The van der Waals surface area contributed by atoms with E-state index < -0.39 is 0 Å². The Morgan fingerprint density at radius 3 is 2.59 bits per heavy atom. The van der Waals surface area contributed by atoms with Crippen LogP contribution >= 0.6 is 0 Å². The zero-order chi connectivity index (χ0) is 19.2. The minimum absolute atomic E-state index is 0.0742. The maximum atomic E-state index is 13.4. The van der Waals surface area contributed by atoms with E-state index in [9.17, 15) is 9.59 Å². The van der Waals surface area contributed by atoms with Crippen molar-refractivity contribution in [2.24, 2.45) is 7.05 Å². The molecule has 1 aliphatic carbocycles. The number of aryl methyl sites for hydroxylation is 1. The van der Waals surface area contributed by atoms with Crippen LogP contribution in [0.4, 0.5) is 0 Å². The summed E-state index contributed by atoms with van der Waals surface area (Å²) in [6, 6.07) is 0. The van der Waals surface area contributed by atoms with Crippen LogP contribution in [-0.4, -0.2) is 82.1 Å². The Bertz CT molecular complexity index is 758. The molecule has 7 heteroatoms. The lowest BCUT2D eigenvalue weighted by Crippen LogP contribution is -2.62. The van der Waals surface area contributed by atoms with Gasteiger partial charge >= 0.3 is 0 Å². The molecule has 2 fully saturated rings. The van der Waals surface area contributed by atoms with Crippen molar-refractivity contribution in [3.8, 4) is 0 Å². The summed E-state index contributed by atoms with van der Waals surface area (Å²) in [7, 11) is 5.98. The van der Waals surface area contributed by atoms with Crippen LogP contribution in [0.5, 0.6) is 0 Å². The van der Waals surface area contributed by atoms with Crippen molar-refractivity contribution in [2.75, 3.05) is 40.3 Å². The molecule has 148 valence electrons. The van der Waals surface area contributed by atoms with Gasteiger partial charge in [0.2, 0.25) is 5.91 Å². The summed E-state index contributed by atoms with van der Waals surface area (Å²) < 4.78 is 1.91. The summed E-state index contributed by atoms with van der Waals surface area (Å²) in [4.78, 5) is 31.7. The number of hydrogen-bond donors (Lipinski definition) is 0. The van der Waals surface area contributed by atoms with Crippen LogP contribution < -0.4 is 0 Å². The number of likely N-dealkylation sites (tertiary alicyclic amines) is 1. The minimum Gasteiger partial charge on any atom is -0.346 e. The predicted octanol–water partition coefficient (Wildman–Crippen LogP) is 1.07. The topological polar surface area (TPSA) is 61.7 Å². The van der Waals surface area contributed by atoms with Crippen molar-refractivity contribution in [2.45, 2.75) is 50.5 Å². The van der Waals surface area contributed by atoms with E-state index in [-0.39, 0.29) is 17.4 Å². The summed E-state index contributed by atoms with van der Waals surface area (Å²) in [6.45, 7) is 3.02. The van der Waals surface area contributed by atoms with E-state index in [2.05, 4.69) is 17.0 Å². The molecule has 3 aliphatic rings. The molecule has 0 bridgehead atoms. The third-order valence-corrected chi connectivity index (χ3v) is 7.00. The van der Waals surface area contributed by atoms with E-state index >= 15 is 0 Å². The highest BCUT2D eigenvalue weighted by atomic mass is 16.2. The van der Waals surface area contributed by atoms with Gasteiger partial charge in [-0.2, -0.15) is 5.10 Å². The van der Waals surface area contributed by atoms with Gasteiger partial charge in [-0.05, 0) is 45.6 Å². The van der Waals surface area contributed by atoms with Gasteiger partial charge in [0.15, 0.2) is 5.69 Å². The molecule has 0 radical (unpaired) electrons. The third-order valence-electron chi connectivity index (χ3n) is 7.00. The maximum Gasteiger partial charge on any atom is 0.274 e. The first kappa shape index (κ1) is 18.5. The highest BCUT2D eigenvalue weighted by molar-refractivity contribution is 5.94. The van der Waals surface area contributed by atoms with Crippen LogP contribution in [0.25, 0.3) is 0 Å². The molecule has 27 heavy (non-hydrogen) atoms. The molecule has 1 aromatic heterocycles. The van der Waals surface area contributed by atoms with Crippen LogP contribution in [0.2, 0.25) is 0 Å². The molecule has 0 unspecified atom stereocenters. The van der Waals surface area contributed by atoms with E-state index in [0.717, 1.165) is 57.3 Å². The van der Waals surface area contributed by atoms with Crippen molar-refractivity contribution < 1.29 is 9.59 Å². The molecule has 3 heterocycles. The second-order valence-electron chi connectivity index (χ2n) is 8.54. The molecule has 1 aromatic rings. The Morgan fingerprint density at radius 1 is 1.00 bits per heavy atom. The quantitative estimate of drug-likeness (QED) is 0.739. The Morgan fingerprint density at radius 2 is 1.78 bits per heavy atom. The first-order valence-electron chi connectivity index (χ1n) is 10.2. The molecule has 1 spiro atoms. The van der Waals surface area contributed by atoms with Gasteiger partial charge in [-0.3, -0.25) is 19.2 Å². The SMILES string of the molecule is CN1CC[C@]2(CCC1=O)CN(C(=O)c1nn(C)c3c1CCCC3)CCN2C. The Labute approximate surface area is 161 Å². The molecule has 0 saturated carbocycles. The van der Waals surface area contributed by atoms with E-state index in [1.54, 1.807) is 0 Å². The molecule has 4 rings (SSSR count). The van der Waals surface area contributed by atoms with Crippen molar-refractivity contribution in [1.29, 1.82) is 0 Å². The number of carbonyl (C=O) groups excluding carboxylic acids is 2. The second-order valence-corrected chi connectivity index (χ2v) is 8.54. The molecular formula is C20H31N5O2. The average molecular weight is 374 g/mol. The van der Waals surface area contributed by atoms with Gasteiger partial charge in [0.25, 0.3) is 5.91 Å². The zero-order valence-electron chi connectivity index (χ0n) is 16.8. The van der Waals surface area contributed by atoms with E-state index in [1.807, 2.05) is 28.6 Å². The molecule has 0 N–H and O–H groups in total. The second kappa shape index (κ2) is 6.93. The normalized spacial score (nSPS) is 27.0. The molecule has 0 aromatic carbocycles. The first-order valence-corrected chi connectivity index (χ1v) is 10.2. The number of nitrogens with zero attached hydrogens (tertiary/aromatic N) is 5. The summed E-state index contributed by atoms with van der Waals surface area (Å²) in [5.74, 6) is 0.285. The van der Waals surface area contributed by atoms with Gasteiger partial charge in [0.05, 0.1) is 0 Å². The molecule has 2 aliphatic heterocycles. The highest BCUT2D eigenvalue weighted by Crippen LogP contribution is 2.33. The number of rotatable bonds is 1. The predicted molar refractivity (Wildman–Crippen MR) is 103 cm³/mol. The number of aromatic nitrogens is 2. The Kier molecular flexibility index (Phi) is 4.74. The average Bonchev–Trinajstić information content (AvgIpc) is 2.95. The molecule has 2 amide bonds. The van der Waals surface area contributed by atoms with Gasteiger partial charge in [0.1, 0.15) is 0 Å². The standard InChI is InChI=1S/C20H31N5O2/c1-22-11-10-20(9-8-17(22)26)14-25(13-12-23(20)2)19(27)18-15-6-4-5-7-16(15)24(3)21-18/h4-14H2,1-3H3/t20-/m1/s1. The van der Waals surface area contributed by atoms with Gasteiger partial charge in [-0.25, -0.2) is 0 Å². The lowest BCUT2D eigenvalue weighted by Gasteiger charge is -2.49. The number of piperazine rings is 1. The van der Waals surface area contributed by atoms with E-state index in [1.165, 1.54) is 12.1 Å².